The number of hydrogen-bond acceptors (Lipinski definition) is 4. The van der Waals surface area contributed by atoms with Crippen LogP contribution in [0.4, 0.5) is 5.69 Å². The van der Waals surface area contributed by atoms with Gasteiger partial charge in [-0.05, 0) is 42.8 Å². The first kappa shape index (κ1) is 22.5. The fourth-order valence-corrected chi connectivity index (χ4v) is 4.83. The van der Waals surface area contributed by atoms with Crippen LogP contribution in [0.25, 0.3) is 0 Å². The molecule has 3 aromatic rings. The van der Waals surface area contributed by atoms with Gasteiger partial charge >= 0.3 is 0 Å². The number of anilines is 1. The van der Waals surface area contributed by atoms with Gasteiger partial charge in [0.1, 0.15) is 5.75 Å². The monoisotopic (exact) mass is 438 g/mol. The van der Waals surface area contributed by atoms with Gasteiger partial charge in [0.05, 0.1) is 4.90 Å². The van der Waals surface area contributed by atoms with Crippen molar-refractivity contribution in [2.24, 2.45) is 0 Å². The van der Waals surface area contributed by atoms with Gasteiger partial charge in [0.2, 0.25) is 15.9 Å². The van der Waals surface area contributed by atoms with Crippen LogP contribution >= 0.6 is 0 Å². The number of carbonyl (C=O) groups is 1. The van der Waals surface area contributed by atoms with Crippen molar-refractivity contribution < 1.29 is 18.3 Å². The third-order valence-electron chi connectivity index (χ3n) is 5.10. The molecule has 0 spiro atoms. The maximum absolute atomic E-state index is 13.6. The van der Waals surface area contributed by atoms with Gasteiger partial charge < -0.3 is 10.4 Å². The fraction of sp³-hybridized carbons (Fsp3) is 0.208. The fourth-order valence-electron chi connectivity index (χ4n) is 3.24. The van der Waals surface area contributed by atoms with Gasteiger partial charge in [0, 0.05) is 30.3 Å². The Kier molecular flexibility index (Phi) is 7.09. The largest absolute Gasteiger partial charge is 0.508 e. The number of hydrogen-bond donors (Lipinski definition) is 2. The third-order valence-corrected chi connectivity index (χ3v) is 7.03. The van der Waals surface area contributed by atoms with E-state index in [9.17, 15) is 18.3 Å². The molecule has 162 valence electrons. The minimum Gasteiger partial charge on any atom is -0.508 e. The predicted molar refractivity (Wildman–Crippen MR) is 121 cm³/mol. The Balaban J connectivity index is 1.99. The van der Waals surface area contributed by atoms with Crippen LogP contribution in [-0.2, 0) is 21.4 Å². The topological polar surface area (TPSA) is 86.7 Å². The van der Waals surface area contributed by atoms with E-state index in [1.807, 2.05) is 37.3 Å². The van der Waals surface area contributed by atoms with Gasteiger partial charge in [-0.15, -0.1) is 0 Å². The summed E-state index contributed by atoms with van der Waals surface area (Å²) < 4.78 is 28.6. The zero-order chi connectivity index (χ0) is 22.4. The molecule has 0 heterocycles. The quantitative estimate of drug-likeness (QED) is 0.534. The highest BCUT2D eigenvalue weighted by atomic mass is 32.2. The molecule has 2 N–H and O–H groups in total. The van der Waals surface area contributed by atoms with Crippen LogP contribution in [0.1, 0.15) is 37.4 Å². The number of amides is 1. The van der Waals surface area contributed by atoms with Crippen LogP contribution in [-0.4, -0.2) is 23.7 Å². The van der Waals surface area contributed by atoms with E-state index >= 15 is 0 Å². The number of nitrogens with one attached hydrogen (secondary N) is 1. The van der Waals surface area contributed by atoms with E-state index in [0.29, 0.717) is 17.7 Å². The van der Waals surface area contributed by atoms with E-state index in [-0.39, 0.29) is 23.1 Å². The number of para-hydroxylation sites is 1. The summed E-state index contributed by atoms with van der Waals surface area (Å²) in [5.74, 6) is -0.102. The summed E-state index contributed by atoms with van der Waals surface area (Å²) >= 11 is 0. The summed E-state index contributed by atoms with van der Waals surface area (Å²) in [4.78, 5) is 11.7. The molecular formula is C24H26N2O4S. The van der Waals surface area contributed by atoms with Crippen LogP contribution in [0.3, 0.4) is 0 Å². The average Bonchev–Trinajstić information content (AvgIpc) is 2.79. The van der Waals surface area contributed by atoms with Gasteiger partial charge in [-0.2, -0.15) is 4.31 Å². The zero-order valence-corrected chi connectivity index (χ0v) is 18.3. The van der Waals surface area contributed by atoms with Crippen molar-refractivity contribution in [1.29, 1.82) is 0 Å². The lowest BCUT2D eigenvalue weighted by Gasteiger charge is -2.29. The molecule has 0 saturated carbocycles. The molecule has 0 aliphatic heterocycles. The summed E-state index contributed by atoms with van der Waals surface area (Å²) in [6, 6.07) is 21.7. The van der Waals surface area contributed by atoms with Crippen molar-refractivity contribution in [2.75, 3.05) is 5.32 Å². The Morgan fingerprint density at radius 1 is 0.968 bits per heavy atom. The average molecular weight is 439 g/mol. The summed E-state index contributed by atoms with van der Waals surface area (Å²) in [5.41, 5.74) is 1.89. The summed E-state index contributed by atoms with van der Waals surface area (Å²) in [6.45, 7) is 3.58. The molecule has 1 atom stereocenters. The molecule has 0 radical (unpaired) electrons. The second-order valence-corrected chi connectivity index (χ2v) is 9.08. The number of benzene rings is 3. The number of sulfonamides is 1. The second-order valence-electron chi connectivity index (χ2n) is 7.19. The molecule has 0 saturated heterocycles. The Morgan fingerprint density at radius 2 is 1.58 bits per heavy atom. The van der Waals surface area contributed by atoms with Crippen molar-refractivity contribution in [3.05, 3.63) is 90.0 Å². The van der Waals surface area contributed by atoms with Gasteiger partial charge in [-0.1, -0.05) is 55.5 Å². The highest BCUT2D eigenvalue weighted by molar-refractivity contribution is 7.89. The Hall–Kier alpha value is -3.16. The molecule has 3 rings (SSSR count). The number of carbonyl (C=O) groups excluding carboxylic acids is 1. The SMILES string of the molecule is CCC(=O)Nc1ccc(S(=O)(=O)N(Cc2ccccc2O)[C@@H](C)c2ccccc2)cc1. The van der Waals surface area contributed by atoms with Crippen molar-refractivity contribution in [3.63, 3.8) is 0 Å². The molecule has 0 unspecified atom stereocenters. The maximum Gasteiger partial charge on any atom is 0.243 e. The van der Waals surface area contributed by atoms with Crippen LogP contribution in [0.5, 0.6) is 5.75 Å². The summed E-state index contributed by atoms with van der Waals surface area (Å²) in [6.07, 6.45) is 0.336. The molecule has 7 heteroatoms. The molecule has 3 aromatic carbocycles. The third kappa shape index (κ3) is 5.31. The Morgan fingerprint density at radius 3 is 2.19 bits per heavy atom. The number of nitrogens with zero attached hydrogens (tertiary/aromatic N) is 1. The zero-order valence-electron chi connectivity index (χ0n) is 17.5. The first-order valence-corrected chi connectivity index (χ1v) is 11.5. The van der Waals surface area contributed by atoms with Crippen molar-refractivity contribution in [2.45, 2.75) is 37.8 Å². The number of rotatable bonds is 8. The number of phenolic OH excluding ortho intramolecular Hbond substituents is 1. The molecule has 6 nitrogen and oxygen atoms in total. The minimum atomic E-state index is -3.90. The Bertz CT molecular complexity index is 1130. The van der Waals surface area contributed by atoms with E-state index < -0.39 is 16.1 Å². The van der Waals surface area contributed by atoms with Crippen LogP contribution < -0.4 is 5.32 Å². The number of aromatic hydroxyl groups is 1. The molecular weight excluding hydrogens is 412 g/mol. The van der Waals surface area contributed by atoms with E-state index in [2.05, 4.69) is 5.32 Å². The number of phenols is 1. The summed E-state index contributed by atoms with van der Waals surface area (Å²) in [7, 11) is -3.90. The second kappa shape index (κ2) is 9.76. The van der Waals surface area contributed by atoms with Gasteiger partial charge in [0.25, 0.3) is 0 Å². The normalized spacial score (nSPS) is 12.5. The summed E-state index contributed by atoms with van der Waals surface area (Å²) in [5, 5.41) is 12.9. The highest BCUT2D eigenvalue weighted by Crippen LogP contribution is 2.31. The molecule has 31 heavy (non-hydrogen) atoms. The van der Waals surface area contributed by atoms with Crippen molar-refractivity contribution >= 4 is 21.6 Å². The first-order chi connectivity index (χ1) is 14.8. The van der Waals surface area contributed by atoms with Crippen molar-refractivity contribution in [1.82, 2.24) is 4.31 Å². The van der Waals surface area contributed by atoms with Crippen LogP contribution in [0.15, 0.2) is 83.8 Å². The lowest BCUT2D eigenvalue weighted by atomic mass is 10.1. The molecule has 0 bridgehead atoms. The minimum absolute atomic E-state index is 0.0133. The highest BCUT2D eigenvalue weighted by Gasteiger charge is 2.30. The molecule has 0 aliphatic rings. The van der Waals surface area contributed by atoms with Gasteiger partial charge in [-0.25, -0.2) is 8.42 Å². The van der Waals surface area contributed by atoms with Gasteiger partial charge in [0.15, 0.2) is 0 Å². The standard InChI is InChI=1S/C24H26N2O4S/c1-3-24(28)25-21-13-15-22(16-14-21)31(29,30)26(17-20-11-7-8-12-23(20)27)18(2)19-9-5-4-6-10-19/h4-16,18,27H,3,17H2,1-2H3,(H,25,28)/t18-/m0/s1. The van der Waals surface area contributed by atoms with E-state index in [0.717, 1.165) is 5.56 Å². The van der Waals surface area contributed by atoms with E-state index in [4.69, 9.17) is 0 Å². The van der Waals surface area contributed by atoms with Crippen LogP contribution in [0, 0.1) is 0 Å². The van der Waals surface area contributed by atoms with E-state index in [1.54, 1.807) is 43.3 Å². The van der Waals surface area contributed by atoms with E-state index in [1.165, 1.54) is 16.4 Å². The van der Waals surface area contributed by atoms with Crippen LogP contribution in [0.2, 0.25) is 0 Å². The molecule has 0 fully saturated rings. The lowest BCUT2D eigenvalue weighted by molar-refractivity contribution is -0.115. The van der Waals surface area contributed by atoms with Gasteiger partial charge in [-0.3, -0.25) is 4.79 Å². The van der Waals surface area contributed by atoms with Crippen molar-refractivity contribution in [3.8, 4) is 5.75 Å². The maximum atomic E-state index is 13.6. The smallest absolute Gasteiger partial charge is 0.243 e. The molecule has 0 aromatic heterocycles. The lowest BCUT2D eigenvalue weighted by Crippen LogP contribution is -2.33. The predicted octanol–water partition coefficient (Wildman–Crippen LogP) is 4.69. The Labute approximate surface area is 183 Å². The molecule has 1 amide bonds. The molecule has 0 aliphatic carbocycles. The first-order valence-electron chi connectivity index (χ1n) is 10.1.